The molecule has 0 saturated heterocycles. The lowest BCUT2D eigenvalue weighted by Crippen LogP contribution is -2.30. The number of nitrogens with zero attached hydrogens (tertiary/aromatic N) is 2. The monoisotopic (exact) mass is 304 g/mol. The quantitative estimate of drug-likeness (QED) is 0.916. The highest BCUT2D eigenvalue weighted by Gasteiger charge is 2.32. The van der Waals surface area contributed by atoms with E-state index in [1.54, 1.807) is 6.07 Å². The number of halogens is 1. The van der Waals surface area contributed by atoms with Gasteiger partial charge in [-0.05, 0) is 32.0 Å². The minimum atomic E-state index is -0.395. The third-order valence-electron chi connectivity index (χ3n) is 4.00. The van der Waals surface area contributed by atoms with Crippen LogP contribution in [0.15, 0.2) is 24.4 Å². The molecule has 2 N–H and O–H groups in total. The molecule has 0 spiro atoms. The van der Waals surface area contributed by atoms with Gasteiger partial charge in [0.2, 0.25) is 5.91 Å². The number of anilines is 1. The molecule has 1 aromatic heterocycles. The van der Waals surface area contributed by atoms with E-state index in [9.17, 15) is 4.79 Å². The van der Waals surface area contributed by atoms with Crippen molar-refractivity contribution < 1.29 is 4.79 Å². The molecule has 2 unspecified atom stereocenters. The molecule has 1 aliphatic rings. The molecular formula is C15H17ClN4O. The maximum Gasteiger partial charge on any atom is 0.246 e. The summed E-state index contributed by atoms with van der Waals surface area (Å²) in [6.45, 7) is 4.04. The first kappa shape index (κ1) is 14.1. The molecule has 1 amide bonds. The van der Waals surface area contributed by atoms with E-state index in [1.807, 2.05) is 43.9 Å². The Balaban J connectivity index is 1.87. The van der Waals surface area contributed by atoms with Gasteiger partial charge in [-0.2, -0.15) is 5.10 Å². The van der Waals surface area contributed by atoms with Gasteiger partial charge in [-0.25, -0.2) is 0 Å². The molecule has 3 rings (SSSR count). The SMILES string of the molecule is Cc1c(C(C)NC2C(=O)Nc3ccc(Cl)cc32)cnn1C. The van der Waals surface area contributed by atoms with Crippen LogP contribution in [0.3, 0.4) is 0 Å². The van der Waals surface area contributed by atoms with Crippen LogP contribution in [-0.2, 0) is 11.8 Å². The van der Waals surface area contributed by atoms with Gasteiger partial charge in [0.1, 0.15) is 6.04 Å². The minimum Gasteiger partial charge on any atom is -0.324 e. The smallest absolute Gasteiger partial charge is 0.246 e. The zero-order chi connectivity index (χ0) is 15.1. The first-order valence-electron chi connectivity index (χ1n) is 6.82. The topological polar surface area (TPSA) is 59.0 Å². The predicted octanol–water partition coefficient (Wildman–Crippen LogP) is 2.73. The minimum absolute atomic E-state index is 0.0133. The normalized spacial score (nSPS) is 18.5. The molecule has 0 bridgehead atoms. The molecule has 21 heavy (non-hydrogen) atoms. The summed E-state index contributed by atoms with van der Waals surface area (Å²) in [5.41, 5.74) is 3.87. The highest BCUT2D eigenvalue weighted by Crippen LogP contribution is 2.34. The second-order valence-electron chi connectivity index (χ2n) is 5.35. The number of aryl methyl sites for hydroxylation is 1. The fourth-order valence-corrected chi connectivity index (χ4v) is 2.86. The fraction of sp³-hybridized carbons (Fsp3) is 0.333. The summed E-state index contributed by atoms with van der Waals surface area (Å²) in [7, 11) is 1.91. The van der Waals surface area contributed by atoms with Gasteiger partial charge < -0.3 is 5.32 Å². The number of carbonyl (C=O) groups excluding carboxylic acids is 1. The Labute approximate surface area is 128 Å². The van der Waals surface area contributed by atoms with Crippen molar-refractivity contribution in [1.29, 1.82) is 0 Å². The number of hydrogen-bond acceptors (Lipinski definition) is 3. The average Bonchev–Trinajstić information content (AvgIpc) is 2.92. The summed E-state index contributed by atoms with van der Waals surface area (Å²) in [6.07, 6.45) is 1.83. The van der Waals surface area contributed by atoms with Gasteiger partial charge in [0, 0.05) is 40.6 Å². The number of amides is 1. The van der Waals surface area contributed by atoms with Crippen molar-refractivity contribution in [3.8, 4) is 0 Å². The Hall–Kier alpha value is -1.85. The molecule has 5 nitrogen and oxygen atoms in total. The van der Waals surface area contributed by atoms with Gasteiger partial charge in [0.25, 0.3) is 0 Å². The molecule has 2 aromatic rings. The molecule has 1 aromatic carbocycles. The van der Waals surface area contributed by atoms with Gasteiger partial charge in [0.15, 0.2) is 0 Å². The van der Waals surface area contributed by atoms with Crippen LogP contribution >= 0.6 is 11.6 Å². The molecule has 0 fully saturated rings. The standard InChI is InChI=1S/C15H17ClN4O/c1-8(12-7-17-20(3)9(12)2)18-14-11-6-10(16)4-5-13(11)19-15(14)21/h4-8,14,18H,1-3H3,(H,19,21). The van der Waals surface area contributed by atoms with Crippen LogP contribution in [0.25, 0.3) is 0 Å². The number of carbonyl (C=O) groups is 1. The van der Waals surface area contributed by atoms with Crippen LogP contribution in [0.5, 0.6) is 0 Å². The Kier molecular flexibility index (Phi) is 3.47. The molecule has 0 radical (unpaired) electrons. The molecule has 1 aliphatic heterocycles. The summed E-state index contributed by atoms with van der Waals surface area (Å²) < 4.78 is 1.83. The number of aromatic nitrogens is 2. The van der Waals surface area contributed by atoms with Crippen molar-refractivity contribution in [3.63, 3.8) is 0 Å². The van der Waals surface area contributed by atoms with Crippen molar-refractivity contribution in [2.45, 2.75) is 25.9 Å². The highest BCUT2D eigenvalue weighted by atomic mass is 35.5. The Bertz CT molecular complexity index is 710. The molecular weight excluding hydrogens is 288 g/mol. The van der Waals surface area contributed by atoms with Crippen molar-refractivity contribution in [3.05, 3.63) is 46.2 Å². The maximum absolute atomic E-state index is 12.2. The Morgan fingerprint density at radius 2 is 2.24 bits per heavy atom. The summed E-state index contributed by atoms with van der Waals surface area (Å²) in [4.78, 5) is 12.2. The van der Waals surface area contributed by atoms with E-state index >= 15 is 0 Å². The number of fused-ring (bicyclic) bond motifs is 1. The first-order chi connectivity index (χ1) is 9.97. The van der Waals surface area contributed by atoms with Crippen molar-refractivity contribution in [2.75, 3.05) is 5.32 Å². The van der Waals surface area contributed by atoms with Gasteiger partial charge in [-0.1, -0.05) is 11.6 Å². The van der Waals surface area contributed by atoms with Crippen LogP contribution < -0.4 is 10.6 Å². The number of hydrogen-bond donors (Lipinski definition) is 2. The van der Waals surface area contributed by atoms with Crippen molar-refractivity contribution >= 4 is 23.2 Å². The molecule has 110 valence electrons. The van der Waals surface area contributed by atoms with Crippen molar-refractivity contribution in [1.82, 2.24) is 15.1 Å². The predicted molar refractivity (Wildman–Crippen MR) is 82.3 cm³/mol. The van der Waals surface area contributed by atoms with Gasteiger partial charge in [-0.3, -0.25) is 14.8 Å². The van der Waals surface area contributed by atoms with Crippen LogP contribution in [0.4, 0.5) is 5.69 Å². The average molecular weight is 305 g/mol. The van der Waals surface area contributed by atoms with Gasteiger partial charge in [0.05, 0.1) is 6.20 Å². The lowest BCUT2D eigenvalue weighted by molar-refractivity contribution is -0.117. The van der Waals surface area contributed by atoms with E-state index in [4.69, 9.17) is 11.6 Å². The summed E-state index contributed by atoms with van der Waals surface area (Å²) in [6, 6.07) is 5.05. The molecule has 6 heteroatoms. The Morgan fingerprint density at radius 1 is 1.48 bits per heavy atom. The summed E-state index contributed by atoms with van der Waals surface area (Å²) in [5, 5.41) is 11.1. The lowest BCUT2D eigenvalue weighted by Gasteiger charge is -2.18. The molecule has 2 heterocycles. The molecule has 2 atom stereocenters. The number of nitrogens with one attached hydrogen (secondary N) is 2. The number of rotatable bonds is 3. The number of benzene rings is 1. The van der Waals surface area contributed by atoms with E-state index in [1.165, 1.54) is 0 Å². The summed E-state index contributed by atoms with van der Waals surface area (Å²) in [5.74, 6) is -0.0549. The van der Waals surface area contributed by atoms with E-state index in [-0.39, 0.29) is 11.9 Å². The van der Waals surface area contributed by atoms with Crippen LogP contribution in [0.2, 0.25) is 5.02 Å². The van der Waals surface area contributed by atoms with E-state index < -0.39 is 6.04 Å². The third-order valence-corrected chi connectivity index (χ3v) is 4.24. The van der Waals surface area contributed by atoms with Gasteiger partial charge in [-0.15, -0.1) is 0 Å². The molecule has 0 aliphatic carbocycles. The second-order valence-corrected chi connectivity index (χ2v) is 5.79. The third kappa shape index (κ3) is 2.43. The zero-order valence-electron chi connectivity index (χ0n) is 12.1. The van der Waals surface area contributed by atoms with Crippen LogP contribution in [0.1, 0.15) is 35.8 Å². The Morgan fingerprint density at radius 3 is 2.90 bits per heavy atom. The van der Waals surface area contributed by atoms with Crippen LogP contribution in [-0.4, -0.2) is 15.7 Å². The van der Waals surface area contributed by atoms with Crippen molar-refractivity contribution in [2.24, 2.45) is 7.05 Å². The summed E-state index contributed by atoms with van der Waals surface area (Å²) >= 11 is 6.04. The van der Waals surface area contributed by atoms with E-state index in [0.29, 0.717) is 5.02 Å². The maximum atomic E-state index is 12.2. The second kappa shape index (κ2) is 5.16. The largest absolute Gasteiger partial charge is 0.324 e. The van der Waals surface area contributed by atoms with Gasteiger partial charge >= 0.3 is 0 Å². The highest BCUT2D eigenvalue weighted by molar-refractivity contribution is 6.31. The van der Waals surface area contributed by atoms with E-state index in [0.717, 1.165) is 22.5 Å². The van der Waals surface area contributed by atoms with Crippen LogP contribution in [0, 0.1) is 6.92 Å². The first-order valence-corrected chi connectivity index (χ1v) is 7.20. The fourth-order valence-electron chi connectivity index (χ4n) is 2.68. The van der Waals surface area contributed by atoms with E-state index in [2.05, 4.69) is 15.7 Å². The molecule has 0 saturated carbocycles. The zero-order valence-corrected chi connectivity index (χ0v) is 12.9. The lowest BCUT2D eigenvalue weighted by atomic mass is 10.0.